The molecule has 0 spiro atoms. The van der Waals surface area contributed by atoms with Crippen molar-refractivity contribution in [2.45, 2.75) is 4.90 Å². The minimum atomic E-state index is -3.55. The number of sulfonamides is 1. The van der Waals surface area contributed by atoms with Crippen molar-refractivity contribution in [2.75, 3.05) is 38.4 Å². The number of benzene rings is 2. The first-order valence-electron chi connectivity index (χ1n) is 9.22. The molecule has 0 amide bonds. The SMILES string of the molecule is O=S(=O)(c1ccc(Nc2nc(Cl)nc3cc4c(cc23)OCO4)cc1)N1CCOCC1. The molecule has 3 aromatic rings. The molecule has 0 radical (unpaired) electrons. The van der Waals surface area contributed by atoms with Crippen LogP contribution in [0.5, 0.6) is 11.5 Å². The summed E-state index contributed by atoms with van der Waals surface area (Å²) in [6.07, 6.45) is 0. The molecule has 9 nitrogen and oxygen atoms in total. The minimum absolute atomic E-state index is 0.0791. The van der Waals surface area contributed by atoms with Crippen LogP contribution in [0.3, 0.4) is 0 Å². The highest BCUT2D eigenvalue weighted by Gasteiger charge is 2.26. The Bertz CT molecular complexity index is 1210. The Morgan fingerprint density at radius 3 is 2.43 bits per heavy atom. The number of rotatable bonds is 4. The number of halogens is 1. The Labute approximate surface area is 177 Å². The van der Waals surface area contributed by atoms with Gasteiger partial charge in [0, 0.05) is 30.2 Å². The molecule has 0 bridgehead atoms. The molecule has 0 aliphatic carbocycles. The fourth-order valence-electron chi connectivity index (χ4n) is 3.37. The lowest BCUT2D eigenvalue weighted by Gasteiger charge is -2.26. The molecule has 156 valence electrons. The normalized spacial score (nSPS) is 16.7. The number of nitrogens with one attached hydrogen (secondary N) is 1. The van der Waals surface area contributed by atoms with E-state index in [1.165, 1.54) is 4.31 Å². The standard InChI is InChI=1S/C19H17ClN4O5S/c20-19-22-15-10-17-16(28-11-29-17)9-14(15)18(23-19)21-12-1-3-13(4-2-12)30(25,26)24-5-7-27-8-6-24/h1-4,9-10H,5-8,11H2,(H,21,22,23). The van der Waals surface area contributed by atoms with Gasteiger partial charge in [-0.15, -0.1) is 0 Å². The van der Waals surface area contributed by atoms with Gasteiger partial charge in [0.2, 0.25) is 22.1 Å². The molecule has 0 saturated carbocycles. The van der Waals surface area contributed by atoms with E-state index >= 15 is 0 Å². The average molecular weight is 449 g/mol. The first-order chi connectivity index (χ1) is 14.5. The fraction of sp³-hybridized carbons (Fsp3) is 0.263. The van der Waals surface area contributed by atoms with Crippen molar-refractivity contribution < 1.29 is 22.6 Å². The zero-order valence-electron chi connectivity index (χ0n) is 15.7. The van der Waals surface area contributed by atoms with Crippen LogP contribution in [0.15, 0.2) is 41.3 Å². The van der Waals surface area contributed by atoms with Gasteiger partial charge in [0.1, 0.15) is 5.82 Å². The van der Waals surface area contributed by atoms with Gasteiger partial charge in [-0.25, -0.2) is 13.4 Å². The van der Waals surface area contributed by atoms with Crippen LogP contribution < -0.4 is 14.8 Å². The van der Waals surface area contributed by atoms with Gasteiger partial charge in [-0.05, 0) is 41.9 Å². The summed E-state index contributed by atoms with van der Waals surface area (Å²) >= 11 is 6.08. The number of morpholine rings is 1. The highest BCUT2D eigenvalue weighted by atomic mass is 35.5. The van der Waals surface area contributed by atoms with Gasteiger partial charge in [-0.3, -0.25) is 0 Å². The maximum Gasteiger partial charge on any atom is 0.243 e. The van der Waals surface area contributed by atoms with Gasteiger partial charge in [0.25, 0.3) is 0 Å². The molecule has 2 aliphatic rings. The van der Waals surface area contributed by atoms with Gasteiger partial charge in [0.15, 0.2) is 11.5 Å². The number of fused-ring (bicyclic) bond motifs is 2. The van der Waals surface area contributed by atoms with E-state index in [2.05, 4.69) is 15.3 Å². The quantitative estimate of drug-likeness (QED) is 0.608. The first kappa shape index (κ1) is 19.3. The van der Waals surface area contributed by atoms with E-state index < -0.39 is 10.0 Å². The second-order valence-corrected chi connectivity index (χ2v) is 9.01. The summed E-state index contributed by atoms with van der Waals surface area (Å²) in [5, 5.41) is 3.96. The summed E-state index contributed by atoms with van der Waals surface area (Å²) in [6.45, 7) is 1.65. The third kappa shape index (κ3) is 3.52. The molecule has 2 aromatic carbocycles. The maximum absolute atomic E-state index is 12.8. The zero-order valence-corrected chi connectivity index (χ0v) is 17.2. The molecule has 11 heteroatoms. The predicted molar refractivity (Wildman–Crippen MR) is 110 cm³/mol. The lowest BCUT2D eigenvalue weighted by atomic mass is 10.2. The first-order valence-corrected chi connectivity index (χ1v) is 11.0. The largest absolute Gasteiger partial charge is 0.454 e. The van der Waals surface area contributed by atoms with Crippen LogP contribution in [-0.4, -0.2) is 55.8 Å². The lowest BCUT2D eigenvalue weighted by molar-refractivity contribution is 0.0730. The summed E-state index contributed by atoms with van der Waals surface area (Å²) in [4.78, 5) is 8.74. The molecular weight excluding hydrogens is 432 g/mol. The predicted octanol–water partition coefficient (Wildman–Crippen LogP) is 2.78. The fourth-order valence-corrected chi connectivity index (χ4v) is 4.95. The van der Waals surface area contributed by atoms with Crippen LogP contribution in [-0.2, 0) is 14.8 Å². The Hall–Kier alpha value is -2.66. The van der Waals surface area contributed by atoms with E-state index in [9.17, 15) is 8.42 Å². The maximum atomic E-state index is 12.8. The van der Waals surface area contributed by atoms with Crippen LogP contribution in [0.1, 0.15) is 0 Å². The van der Waals surface area contributed by atoms with Crippen LogP contribution in [0.4, 0.5) is 11.5 Å². The van der Waals surface area contributed by atoms with E-state index in [0.717, 1.165) is 0 Å². The number of nitrogens with zero attached hydrogens (tertiary/aromatic N) is 3. The van der Waals surface area contributed by atoms with Crippen LogP contribution >= 0.6 is 11.6 Å². The van der Waals surface area contributed by atoms with Crippen LogP contribution in [0.2, 0.25) is 5.28 Å². The topological polar surface area (TPSA) is 103 Å². The summed E-state index contributed by atoms with van der Waals surface area (Å²) < 4.78 is 43.0. The van der Waals surface area contributed by atoms with Crippen molar-refractivity contribution in [3.63, 3.8) is 0 Å². The van der Waals surface area contributed by atoms with E-state index in [4.69, 9.17) is 25.8 Å². The highest BCUT2D eigenvalue weighted by molar-refractivity contribution is 7.89. The Balaban J connectivity index is 1.44. The molecule has 0 atom stereocenters. The number of aromatic nitrogens is 2. The molecule has 1 aromatic heterocycles. The monoisotopic (exact) mass is 448 g/mol. The van der Waals surface area contributed by atoms with Crippen molar-refractivity contribution in [1.82, 2.24) is 14.3 Å². The molecule has 3 heterocycles. The Kier molecular flexibility index (Phi) is 4.86. The lowest BCUT2D eigenvalue weighted by Crippen LogP contribution is -2.40. The molecule has 5 rings (SSSR count). The van der Waals surface area contributed by atoms with Crippen molar-refractivity contribution in [3.8, 4) is 11.5 Å². The third-order valence-corrected chi connectivity index (χ3v) is 6.97. The summed E-state index contributed by atoms with van der Waals surface area (Å²) in [5.41, 5.74) is 1.26. The van der Waals surface area contributed by atoms with E-state index in [-0.39, 0.29) is 17.0 Å². The number of ether oxygens (including phenoxy) is 3. The molecule has 30 heavy (non-hydrogen) atoms. The third-order valence-electron chi connectivity index (χ3n) is 4.89. The summed E-state index contributed by atoms with van der Waals surface area (Å²) in [6, 6.07) is 10.0. The molecule has 1 saturated heterocycles. The highest BCUT2D eigenvalue weighted by Crippen LogP contribution is 2.38. The summed E-state index contributed by atoms with van der Waals surface area (Å²) in [7, 11) is -3.55. The van der Waals surface area contributed by atoms with Crippen molar-refractivity contribution in [2.24, 2.45) is 0 Å². The van der Waals surface area contributed by atoms with Gasteiger partial charge in [0.05, 0.1) is 23.6 Å². The van der Waals surface area contributed by atoms with Gasteiger partial charge >= 0.3 is 0 Å². The molecule has 1 fully saturated rings. The van der Waals surface area contributed by atoms with E-state index in [1.54, 1.807) is 36.4 Å². The second kappa shape index (κ2) is 7.55. The number of hydrogen-bond acceptors (Lipinski definition) is 8. The summed E-state index contributed by atoms with van der Waals surface area (Å²) in [5.74, 6) is 1.68. The van der Waals surface area contributed by atoms with Gasteiger partial charge in [-0.1, -0.05) is 0 Å². The van der Waals surface area contributed by atoms with Crippen molar-refractivity contribution >= 4 is 44.0 Å². The minimum Gasteiger partial charge on any atom is -0.454 e. The van der Waals surface area contributed by atoms with Crippen molar-refractivity contribution in [1.29, 1.82) is 0 Å². The second-order valence-electron chi connectivity index (χ2n) is 6.73. The molecular formula is C19H17ClN4O5S. The smallest absolute Gasteiger partial charge is 0.243 e. The van der Waals surface area contributed by atoms with Gasteiger partial charge < -0.3 is 19.5 Å². The molecule has 0 unspecified atom stereocenters. The Morgan fingerprint density at radius 1 is 1.00 bits per heavy atom. The zero-order chi connectivity index (χ0) is 20.7. The Morgan fingerprint density at radius 2 is 1.70 bits per heavy atom. The van der Waals surface area contributed by atoms with E-state index in [1.807, 2.05) is 0 Å². The van der Waals surface area contributed by atoms with Gasteiger partial charge in [-0.2, -0.15) is 9.29 Å². The molecule has 1 N–H and O–H groups in total. The van der Waals surface area contributed by atoms with Crippen LogP contribution in [0, 0.1) is 0 Å². The number of hydrogen-bond donors (Lipinski definition) is 1. The van der Waals surface area contributed by atoms with Crippen LogP contribution in [0.25, 0.3) is 10.9 Å². The molecule has 2 aliphatic heterocycles. The number of anilines is 2. The van der Waals surface area contributed by atoms with E-state index in [0.29, 0.717) is 60.2 Å². The van der Waals surface area contributed by atoms with Crippen molar-refractivity contribution in [3.05, 3.63) is 41.7 Å². The average Bonchev–Trinajstić information content (AvgIpc) is 3.21.